The Morgan fingerprint density at radius 3 is 2.57 bits per heavy atom. The maximum absolute atomic E-state index is 12.1. The molecule has 1 heterocycles. The summed E-state index contributed by atoms with van der Waals surface area (Å²) in [5, 5.41) is 3.69. The second-order valence-corrected chi connectivity index (χ2v) is 5.76. The van der Waals surface area contributed by atoms with Crippen molar-refractivity contribution >= 4 is 35.1 Å². The Kier molecular flexibility index (Phi) is 5.69. The summed E-state index contributed by atoms with van der Waals surface area (Å²) in [5.41, 5.74) is 0.717. The van der Waals surface area contributed by atoms with E-state index >= 15 is 0 Å². The SMILES string of the molecule is C[C@H](OC(=O)c1ccco1)C(=O)N[C@@H](C)c1ccc(Cl)cc1Cl. The van der Waals surface area contributed by atoms with E-state index in [0.717, 1.165) is 0 Å². The minimum atomic E-state index is -0.971. The maximum Gasteiger partial charge on any atom is 0.374 e. The van der Waals surface area contributed by atoms with E-state index in [-0.39, 0.29) is 11.8 Å². The molecule has 0 fully saturated rings. The highest BCUT2D eigenvalue weighted by molar-refractivity contribution is 6.35. The van der Waals surface area contributed by atoms with E-state index in [0.29, 0.717) is 15.6 Å². The van der Waals surface area contributed by atoms with E-state index in [4.69, 9.17) is 32.4 Å². The third kappa shape index (κ3) is 4.50. The van der Waals surface area contributed by atoms with Crippen molar-refractivity contribution < 1.29 is 18.7 Å². The van der Waals surface area contributed by atoms with E-state index in [9.17, 15) is 9.59 Å². The largest absolute Gasteiger partial charge is 0.457 e. The van der Waals surface area contributed by atoms with Crippen molar-refractivity contribution in [2.75, 3.05) is 0 Å². The van der Waals surface area contributed by atoms with Crippen LogP contribution in [0.1, 0.15) is 36.0 Å². The summed E-state index contributed by atoms with van der Waals surface area (Å²) in [4.78, 5) is 23.9. The van der Waals surface area contributed by atoms with Gasteiger partial charge in [-0.3, -0.25) is 4.79 Å². The van der Waals surface area contributed by atoms with Crippen molar-refractivity contribution in [2.45, 2.75) is 26.0 Å². The lowest BCUT2D eigenvalue weighted by atomic mass is 10.1. The lowest BCUT2D eigenvalue weighted by Gasteiger charge is -2.19. The molecule has 1 aromatic heterocycles. The van der Waals surface area contributed by atoms with Gasteiger partial charge in [-0.2, -0.15) is 0 Å². The van der Waals surface area contributed by atoms with Crippen LogP contribution in [0.4, 0.5) is 0 Å². The summed E-state index contributed by atoms with van der Waals surface area (Å²) in [5.74, 6) is -1.10. The predicted octanol–water partition coefficient (Wildman–Crippen LogP) is 4.01. The summed E-state index contributed by atoms with van der Waals surface area (Å²) < 4.78 is 9.96. The van der Waals surface area contributed by atoms with Gasteiger partial charge < -0.3 is 14.5 Å². The molecule has 2 rings (SSSR count). The first-order chi connectivity index (χ1) is 10.9. The van der Waals surface area contributed by atoms with Gasteiger partial charge in [0.25, 0.3) is 5.91 Å². The fraction of sp³-hybridized carbons (Fsp3) is 0.250. The molecular formula is C16H15Cl2NO4. The Hall–Kier alpha value is -1.98. The Balaban J connectivity index is 1.96. The molecule has 0 saturated heterocycles. The van der Waals surface area contributed by atoms with Crippen molar-refractivity contribution in [1.82, 2.24) is 5.32 Å². The standard InChI is InChI=1S/C16H15Cl2NO4/c1-9(12-6-5-11(17)8-13(12)18)19-15(20)10(2)23-16(21)14-4-3-7-22-14/h3-10H,1-2H3,(H,19,20)/t9-,10-/m0/s1. The van der Waals surface area contributed by atoms with Crippen LogP contribution in [0.2, 0.25) is 10.0 Å². The van der Waals surface area contributed by atoms with Crippen molar-refractivity contribution in [1.29, 1.82) is 0 Å². The molecule has 0 aliphatic rings. The fourth-order valence-corrected chi connectivity index (χ4v) is 2.50. The van der Waals surface area contributed by atoms with Crippen LogP contribution in [-0.4, -0.2) is 18.0 Å². The molecule has 0 unspecified atom stereocenters. The molecule has 0 aliphatic carbocycles. The third-order valence-electron chi connectivity index (χ3n) is 3.16. The predicted molar refractivity (Wildman–Crippen MR) is 86.6 cm³/mol. The Morgan fingerprint density at radius 2 is 1.96 bits per heavy atom. The van der Waals surface area contributed by atoms with Crippen LogP contribution in [0, 0.1) is 0 Å². The van der Waals surface area contributed by atoms with E-state index in [1.807, 2.05) is 0 Å². The van der Waals surface area contributed by atoms with Gasteiger partial charge in [-0.1, -0.05) is 29.3 Å². The van der Waals surface area contributed by atoms with Crippen LogP contribution < -0.4 is 5.32 Å². The molecule has 1 N–H and O–H groups in total. The number of rotatable bonds is 5. The smallest absolute Gasteiger partial charge is 0.374 e. The second kappa shape index (κ2) is 7.53. The normalized spacial score (nSPS) is 13.2. The van der Waals surface area contributed by atoms with Crippen LogP contribution in [0.15, 0.2) is 41.0 Å². The number of ether oxygens (including phenoxy) is 1. The number of carbonyl (C=O) groups excluding carboxylic acids is 2. The van der Waals surface area contributed by atoms with E-state index in [2.05, 4.69) is 5.32 Å². The van der Waals surface area contributed by atoms with E-state index in [1.165, 1.54) is 19.3 Å². The third-order valence-corrected chi connectivity index (χ3v) is 3.73. The van der Waals surface area contributed by atoms with Crippen LogP contribution in [0.5, 0.6) is 0 Å². The molecule has 122 valence electrons. The number of esters is 1. The van der Waals surface area contributed by atoms with Crippen molar-refractivity contribution in [2.24, 2.45) is 0 Å². The Bertz CT molecular complexity index is 700. The Morgan fingerprint density at radius 1 is 1.22 bits per heavy atom. The lowest BCUT2D eigenvalue weighted by Crippen LogP contribution is -2.37. The number of carbonyl (C=O) groups is 2. The molecule has 1 amide bonds. The van der Waals surface area contributed by atoms with Gasteiger partial charge in [0.2, 0.25) is 5.76 Å². The zero-order valence-electron chi connectivity index (χ0n) is 12.5. The number of amides is 1. The summed E-state index contributed by atoms with van der Waals surface area (Å²) in [6.45, 7) is 3.25. The van der Waals surface area contributed by atoms with E-state index < -0.39 is 18.0 Å². The second-order valence-electron chi connectivity index (χ2n) is 4.92. The highest BCUT2D eigenvalue weighted by Crippen LogP contribution is 2.26. The van der Waals surface area contributed by atoms with Gasteiger partial charge in [-0.15, -0.1) is 0 Å². The molecule has 7 heteroatoms. The molecule has 2 atom stereocenters. The van der Waals surface area contributed by atoms with Gasteiger partial charge in [0.1, 0.15) is 0 Å². The number of furan rings is 1. The highest BCUT2D eigenvalue weighted by atomic mass is 35.5. The van der Waals surface area contributed by atoms with Gasteiger partial charge in [0.15, 0.2) is 6.10 Å². The molecule has 0 bridgehead atoms. The van der Waals surface area contributed by atoms with Gasteiger partial charge in [0.05, 0.1) is 12.3 Å². The number of halogens is 2. The molecule has 1 aromatic carbocycles. The molecule has 0 radical (unpaired) electrons. The average Bonchev–Trinajstić information content (AvgIpc) is 3.01. The first-order valence-electron chi connectivity index (χ1n) is 6.88. The molecule has 0 saturated carbocycles. The number of hydrogen-bond acceptors (Lipinski definition) is 4. The molecule has 2 aromatic rings. The topological polar surface area (TPSA) is 68.5 Å². The average molecular weight is 356 g/mol. The first kappa shape index (κ1) is 17.4. The molecule has 0 spiro atoms. The quantitative estimate of drug-likeness (QED) is 0.822. The minimum absolute atomic E-state index is 0.0402. The van der Waals surface area contributed by atoms with E-state index in [1.54, 1.807) is 31.2 Å². The van der Waals surface area contributed by atoms with Gasteiger partial charge >= 0.3 is 5.97 Å². The van der Waals surface area contributed by atoms with Crippen LogP contribution in [0.3, 0.4) is 0 Å². The molecule has 5 nitrogen and oxygen atoms in total. The summed E-state index contributed by atoms with van der Waals surface area (Å²) >= 11 is 12.0. The summed E-state index contributed by atoms with van der Waals surface area (Å²) in [6, 6.07) is 7.68. The van der Waals surface area contributed by atoms with Crippen LogP contribution in [0.25, 0.3) is 0 Å². The Labute approximate surface area is 143 Å². The van der Waals surface area contributed by atoms with Crippen molar-refractivity contribution in [3.63, 3.8) is 0 Å². The van der Waals surface area contributed by atoms with Gasteiger partial charge in [-0.05, 0) is 43.7 Å². The number of benzene rings is 1. The first-order valence-corrected chi connectivity index (χ1v) is 7.64. The summed E-state index contributed by atoms with van der Waals surface area (Å²) in [6.07, 6.45) is 0.382. The lowest BCUT2D eigenvalue weighted by molar-refractivity contribution is -0.129. The minimum Gasteiger partial charge on any atom is -0.457 e. The highest BCUT2D eigenvalue weighted by Gasteiger charge is 2.22. The van der Waals surface area contributed by atoms with Crippen molar-refractivity contribution in [3.8, 4) is 0 Å². The van der Waals surface area contributed by atoms with Crippen LogP contribution in [-0.2, 0) is 9.53 Å². The zero-order valence-corrected chi connectivity index (χ0v) is 14.0. The van der Waals surface area contributed by atoms with Gasteiger partial charge in [-0.25, -0.2) is 4.79 Å². The van der Waals surface area contributed by atoms with Gasteiger partial charge in [0, 0.05) is 10.0 Å². The summed E-state index contributed by atoms with van der Waals surface area (Å²) in [7, 11) is 0. The zero-order chi connectivity index (χ0) is 17.0. The van der Waals surface area contributed by atoms with Crippen LogP contribution >= 0.6 is 23.2 Å². The maximum atomic E-state index is 12.1. The van der Waals surface area contributed by atoms with Crippen molar-refractivity contribution in [3.05, 3.63) is 58.0 Å². The fourth-order valence-electron chi connectivity index (χ4n) is 1.93. The number of nitrogens with one attached hydrogen (secondary N) is 1. The monoisotopic (exact) mass is 355 g/mol. The molecule has 23 heavy (non-hydrogen) atoms. The molecule has 0 aliphatic heterocycles. The molecular weight excluding hydrogens is 341 g/mol. The number of hydrogen-bond donors (Lipinski definition) is 1.